The van der Waals surface area contributed by atoms with Crippen molar-refractivity contribution in [2.75, 3.05) is 0 Å². The van der Waals surface area contributed by atoms with Gasteiger partial charge in [-0.05, 0) is 17.0 Å². The Kier molecular flexibility index (Phi) is 2.14. The summed E-state index contributed by atoms with van der Waals surface area (Å²) in [5.74, 6) is 0.519. The van der Waals surface area contributed by atoms with Crippen LogP contribution >= 0.6 is 0 Å². The van der Waals surface area contributed by atoms with E-state index in [1.165, 1.54) is 0 Å². The third-order valence-corrected chi connectivity index (χ3v) is 1.70. The van der Waals surface area contributed by atoms with Gasteiger partial charge in [0, 0.05) is 0 Å². The molecule has 0 unspecified atom stereocenters. The molecule has 0 atom stereocenters. The van der Waals surface area contributed by atoms with E-state index in [2.05, 4.69) is 30.6 Å². The summed E-state index contributed by atoms with van der Waals surface area (Å²) in [5, 5.41) is 0. The van der Waals surface area contributed by atoms with Crippen LogP contribution in [0.1, 0.15) is 26.3 Å². The molecule has 62 valence electrons. The average molecular weight is 160 g/mol. The number of pyridine rings is 1. The van der Waals surface area contributed by atoms with Crippen LogP contribution in [0.4, 0.5) is 5.82 Å². The van der Waals surface area contributed by atoms with Gasteiger partial charge in [0.15, 0.2) is 0 Å². The molecule has 0 amide bonds. The number of rotatable bonds is 0. The van der Waals surface area contributed by atoms with E-state index < -0.39 is 0 Å². The van der Waals surface area contributed by atoms with Crippen molar-refractivity contribution in [3.05, 3.63) is 35.3 Å². The smallest absolute Gasteiger partial charge is 0.273 e. The number of hydrogen-bond donors (Lipinski definition) is 0. The Morgan fingerprint density at radius 3 is 2.50 bits per heavy atom. The summed E-state index contributed by atoms with van der Waals surface area (Å²) in [5.41, 5.74) is 1.02. The molecule has 2 heteroatoms. The quantitative estimate of drug-likeness (QED) is 0.533. The Morgan fingerprint density at radius 2 is 2.08 bits per heavy atom. The van der Waals surface area contributed by atoms with Crippen molar-refractivity contribution in [3.8, 4) is 0 Å². The summed E-state index contributed by atoms with van der Waals surface area (Å²) in [6, 6.07) is 3.83. The Labute approximate surface area is 73.1 Å². The Morgan fingerprint density at radius 1 is 1.42 bits per heavy atom. The molecule has 0 bridgehead atoms. The standard InChI is InChI=1S/C10H12N2/c1-10(2,3)8-6-5-7-12-9(8)11-4/h5-7H,1-3H3. The highest BCUT2D eigenvalue weighted by Gasteiger charge is 2.17. The Balaban J connectivity index is 3.26. The lowest BCUT2D eigenvalue weighted by atomic mass is 9.87. The first-order valence-corrected chi connectivity index (χ1v) is 3.88. The third-order valence-electron chi connectivity index (χ3n) is 1.70. The second-order valence-electron chi connectivity index (χ2n) is 3.74. The fourth-order valence-corrected chi connectivity index (χ4v) is 1.07. The normalized spacial score (nSPS) is 10.8. The van der Waals surface area contributed by atoms with Crippen molar-refractivity contribution in [2.24, 2.45) is 0 Å². The second kappa shape index (κ2) is 2.94. The van der Waals surface area contributed by atoms with Crippen LogP contribution < -0.4 is 0 Å². The topological polar surface area (TPSA) is 17.2 Å². The maximum Gasteiger partial charge on any atom is 0.273 e. The molecule has 1 aromatic heterocycles. The highest BCUT2D eigenvalue weighted by atomic mass is 14.9. The minimum absolute atomic E-state index is 0.00808. The van der Waals surface area contributed by atoms with Crippen molar-refractivity contribution in [2.45, 2.75) is 26.2 Å². The molecule has 0 saturated carbocycles. The average Bonchev–Trinajstić information content (AvgIpc) is 2.03. The molecule has 0 fully saturated rings. The van der Waals surface area contributed by atoms with E-state index >= 15 is 0 Å². The first-order valence-electron chi connectivity index (χ1n) is 3.88. The van der Waals surface area contributed by atoms with Crippen LogP contribution in [0.15, 0.2) is 18.3 Å². The molecule has 1 heterocycles. The molecule has 0 aliphatic heterocycles. The van der Waals surface area contributed by atoms with E-state index in [0.717, 1.165) is 5.56 Å². The second-order valence-corrected chi connectivity index (χ2v) is 3.74. The molecule has 0 aliphatic rings. The minimum atomic E-state index is 0.00808. The van der Waals surface area contributed by atoms with Gasteiger partial charge in [-0.2, -0.15) is 0 Å². The highest BCUT2D eigenvalue weighted by Crippen LogP contribution is 2.28. The lowest BCUT2D eigenvalue weighted by Gasteiger charge is -2.19. The van der Waals surface area contributed by atoms with Crippen molar-refractivity contribution in [1.29, 1.82) is 0 Å². The first-order chi connectivity index (χ1) is 5.55. The molecule has 1 aromatic rings. The van der Waals surface area contributed by atoms with Crippen molar-refractivity contribution >= 4 is 5.82 Å². The Hall–Kier alpha value is -1.36. The van der Waals surface area contributed by atoms with E-state index in [1.807, 2.05) is 12.1 Å². The summed E-state index contributed by atoms with van der Waals surface area (Å²) in [6.45, 7) is 13.2. The minimum Gasteiger partial charge on any atom is -0.360 e. The summed E-state index contributed by atoms with van der Waals surface area (Å²) < 4.78 is 0. The van der Waals surface area contributed by atoms with E-state index in [0.29, 0.717) is 5.82 Å². The van der Waals surface area contributed by atoms with Gasteiger partial charge < -0.3 is 4.85 Å². The number of nitrogens with zero attached hydrogens (tertiary/aromatic N) is 2. The maximum atomic E-state index is 6.93. The maximum absolute atomic E-state index is 6.93. The predicted molar refractivity (Wildman–Crippen MR) is 49.2 cm³/mol. The van der Waals surface area contributed by atoms with E-state index in [9.17, 15) is 0 Å². The van der Waals surface area contributed by atoms with Gasteiger partial charge in [0.2, 0.25) is 0 Å². The number of hydrogen-bond acceptors (Lipinski definition) is 1. The van der Waals surface area contributed by atoms with Crippen LogP contribution in [-0.4, -0.2) is 4.98 Å². The van der Waals surface area contributed by atoms with Crippen LogP contribution in [-0.2, 0) is 5.41 Å². The molecule has 0 aliphatic carbocycles. The zero-order valence-electron chi connectivity index (χ0n) is 7.63. The van der Waals surface area contributed by atoms with Gasteiger partial charge >= 0.3 is 0 Å². The molecule has 0 N–H and O–H groups in total. The first kappa shape index (κ1) is 8.73. The van der Waals surface area contributed by atoms with Crippen LogP contribution in [0.2, 0.25) is 0 Å². The van der Waals surface area contributed by atoms with Gasteiger partial charge in [-0.3, -0.25) is 0 Å². The highest BCUT2D eigenvalue weighted by molar-refractivity contribution is 5.48. The van der Waals surface area contributed by atoms with Gasteiger partial charge in [-0.1, -0.05) is 33.4 Å². The van der Waals surface area contributed by atoms with Crippen molar-refractivity contribution in [3.63, 3.8) is 0 Å². The van der Waals surface area contributed by atoms with Crippen LogP contribution in [0.25, 0.3) is 4.85 Å². The molecule has 2 nitrogen and oxygen atoms in total. The lowest BCUT2D eigenvalue weighted by molar-refractivity contribution is 0.591. The third kappa shape index (κ3) is 1.62. The number of aromatic nitrogens is 1. The molecule has 1 rings (SSSR count). The monoisotopic (exact) mass is 160 g/mol. The fraction of sp³-hybridized carbons (Fsp3) is 0.400. The van der Waals surface area contributed by atoms with Gasteiger partial charge in [-0.15, -0.1) is 4.98 Å². The molecule has 0 saturated heterocycles. The predicted octanol–water partition coefficient (Wildman–Crippen LogP) is 2.93. The zero-order valence-corrected chi connectivity index (χ0v) is 7.63. The summed E-state index contributed by atoms with van der Waals surface area (Å²) in [6.07, 6.45) is 1.66. The molecule has 12 heavy (non-hydrogen) atoms. The summed E-state index contributed by atoms with van der Waals surface area (Å²) in [4.78, 5) is 7.39. The lowest BCUT2D eigenvalue weighted by Crippen LogP contribution is -2.11. The summed E-state index contributed by atoms with van der Waals surface area (Å²) >= 11 is 0. The molecule has 0 radical (unpaired) electrons. The van der Waals surface area contributed by atoms with Crippen LogP contribution in [0.5, 0.6) is 0 Å². The van der Waals surface area contributed by atoms with Crippen LogP contribution in [0.3, 0.4) is 0 Å². The fourth-order valence-electron chi connectivity index (χ4n) is 1.07. The molecular weight excluding hydrogens is 148 g/mol. The van der Waals surface area contributed by atoms with Gasteiger partial charge in [0.05, 0.1) is 0 Å². The van der Waals surface area contributed by atoms with E-state index in [4.69, 9.17) is 6.57 Å². The van der Waals surface area contributed by atoms with Gasteiger partial charge in [0.1, 0.15) is 6.20 Å². The van der Waals surface area contributed by atoms with Crippen LogP contribution in [0, 0.1) is 6.57 Å². The van der Waals surface area contributed by atoms with Gasteiger partial charge in [0.25, 0.3) is 5.82 Å². The molecule has 0 aromatic carbocycles. The Bertz CT molecular complexity index is 315. The van der Waals surface area contributed by atoms with Crippen molar-refractivity contribution in [1.82, 2.24) is 4.98 Å². The van der Waals surface area contributed by atoms with Crippen molar-refractivity contribution < 1.29 is 0 Å². The van der Waals surface area contributed by atoms with Gasteiger partial charge in [-0.25, -0.2) is 0 Å². The molecule has 0 spiro atoms. The summed E-state index contributed by atoms with van der Waals surface area (Å²) in [7, 11) is 0. The van der Waals surface area contributed by atoms with E-state index in [1.54, 1.807) is 6.20 Å². The van der Waals surface area contributed by atoms with E-state index in [-0.39, 0.29) is 5.41 Å². The largest absolute Gasteiger partial charge is 0.360 e. The molecular formula is C10H12N2. The zero-order chi connectivity index (χ0) is 9.19. The SMILES string of the molecule is [C-]#[N+]c1ncccc1C(C)(C)C.